The van der Waals surface area contributed by atoms with Crippen molar-refractivity contribution in [3.05, 3.63) is 24.3 Å². The molecule has 0 aliphatic carbocycles. The normalized spacial score (nSPS) is 24.5. The number of rotatable bonds is 4. The predicted molar refractivity (Wildman–Crippen MR) is 118 cm³/mol. The number of benzene rings is 1. The average molecular weight is 417 g/mol. The summed E-state index contributed by atoms with van der Waals surface area (Å²) in [5.74, 6) is 0.755. The molecule has 1 amide bonds. The highest BCUT2D eigenvalue weighted by atomic mass is 16.6. The third kappa shape index (κ3) is 6.38. The van der Waals surface area contributed by atoms with Crippen molar-refractivity contribution < 1.29 is 23.6 Å². The molecule has 2 saturated heterocycles. The molecule has 0 saturated carbocycles. The molecule has 2 fully saturated rings. The van der Waals surface area contributed by atoms with Gasteiger partial charge in [0, 0.05) is 12.6 Å². The summed E-state index contributed by atoms with van der Waals surface area (Å²) in [6.07, 6.45) is 3.73. The van der Waals surface area contributed by atoms with Gasteiger partial charge in [-0.05, 0) is 84.8 Å². The van der Waals surface area contributed by atoms with Crippen LogP contribution in [-0.2, 0) is 14.0 Å². The number of hydrogen-bond donors (Lipinski definition) is 0. The first-order chi connectivity index (χ1) is 14.0. The Morgan fingerprint density at radius 3 is 2.77 bits per heavy atom. The van der Waals surface area contributed by atoms with E-state index in [1.165, 1.54) is 0 Å². The lowest BCUT2D eigenvalue weighted by atomic mass is 9.75. The minimum atomic E-state index is -0.501. The van der Waals surface area contributed by atoms with Crippen LogP contribution in [0.25, 0.3) is 0 Å². The van der Waals surface area contributed by atoms with Crippen LogP contribution in [0.3, 0.4) is 0 Å². The molecule has 166 valence electrons. The predicted octanol–water partition coefficient (Wildman–Crippen LogP) is 4.15. The zero-order chi connectivity index (χ0) is 21.9. The van der Waals surface area contributed by atoms with Gasteiger partial charge in [0.15, 0.2) is 0 Å². The molecule has 1 aromatic rings. The fraction of sp³-hybridized carbons (Fsp3) is 0.696. The van der Waals surface area contributed by atoms with Gasteiger partial charge in [0.25, 0.3) is 0 Å². The molecule has 2 heterocycles. The van der Waals surface area contributed by atoms with Crippen molar-refractivity contribution in [3.63, 3.8) is 0 Å². The van der Waals surface area contributed by atoms with Crippen LogP contribution in [0.2, 0.25) is 0 Å². The molecular formula is C23H36BNO5. The fourth-order valence-electron chi connectivity index (χ4n) is 4.14. The monoisotopic (exact) mass is 417 g/mol. The highest BCUT2D eigenvalue weighted by Gasteiger charge is 2.38. The Kier molecular flexibility index (Phi) is 7.03. The molecular weight excluding hydrogens is 381 g/mol. The third-order valence-electron chi connectivity index (χ3n) is 5.39. The number of piperidine rings is 1. The zero-order valence-electron chi connectivity index (χ0n) is 19.3. The zero-order valence-corrected chi connectivity index (χ0v) is 19.3. The first-order valence-corrected chi connectivity index (χ1v) is 11.1. The van der Waals surface area contributed by atoms with Crippen LogP contribution in [-0.4, -0.2) is 54.6 Å². The lowest BCUT2D eigenvalue weighted by molar-refractivity contribution is -0.0230. The molecule has 2 aliphatic heterocycles. The summed E-state index contributed by atoms with van der Waals surface area (Å²) in [5, 5.41) is 0. The minimum Gasteiger partial charge on any atom is -0.491 e. The largest absolute Gasteiger partial charge is 0.494 e. The Morgan fingerprint density at radius 2 is 2.07 bits per heavy atom. The first kappa shape index (κ1) is 22.9. The number of hydrogen-bond acceptors (Lipinski definition) is 5. The van der Waals surface area contributed by atoms with Gasteiger partial charge in [0.2, 0.25) is 0 Å². The summed E-state index contributed by atoms with van der Waals surface area (Å²) in [5.41, 5.74) is 0.216. The molecule has 6 nitrogen and oxygen atoms in total. The summed E-state index contributed by atoms with van der Waals surface area (Å²) in [6, 6.07) is 7.87. The van der Waals surface area contributed by atoms with Crippen molar-refractivity contribution in [1.29, 1.82) is 0 Å². The Labute approximate surface area is 181 Å². The van der Waals surface area contributed by atoms with E-state index >= 15 is 0 Å². The van der Waals surface area contributed by atoms with Crippen LogP contribution in [0.5, 0.6) is 5.75 Å². The van der Waals surface area contributed by atoms with Crippen molar-refractivity contribution in [2.24, 2.45) is 0 Å². The smallest absolute Gasteiger partial charge is 0.491 e. The molecule has 30 heavy (non-hydrogen) atoms. The molecule has 0 unspecified atom stereocenters. The van der Waals surface area contributed by atoms with Gasteiger partial charge in [-0.1, -0.05) is 12.1 Å². The Morgan fingerprint density at radius 1 is 1.30 bits per heavy atom. The van der Waals surface area contributed by atoms with Crippen molar-refractivity contribution in [2.75, 3.05) is 13.2 Å². The van der Waals surface area contributed by atoms with Gasteiger partial charge >= 0.3 is 13.2 Å². The first-order valence-electron chi connectivity index (χ1n) is 11.1. The van der Waals surface area contributed by atoms with Crippen LogP contribution in [0, 0.1) is 0 Å². The maximum absolute atomic E-state index is 12.6. The molecule has 7 heteroatoms. The number of nitrogens with zero attached hydrogens (tertiary/aromatic N) is 1. The molecule has 0 spiro atoms. The van der Waals surface area contributed by atoms with Gasteiger partial charge in [-0.25, -0.2) is 4.79 Å². The molecule has 0 N–H and O–H groups in total. The molecule has 1 aromatic carbocycles. The summed E-state index contributed by atoms with van der Waals surface area (Å²) in [4.78, 5) is 14.4. The van der Waals surface area contributed by atoms with E-state index in [9.17, 15) is 4.79 Å². The summed E-state index contributed by atoms with van der Waals surface area (Å²) < 4.78 is 23.8. The second-order valence-corrected chi connectivity index (χ2v) is 10.1. The topological polar surface area (TPSA) is 57.2 Å². The molecule has 0 aromatic heterocycles. The molecule has 3 rings (SSSR count). The van der Waals surface area contributed by atoms with Crippen LogP contribution in [0.4, 0.5) is 4.79 Å². The van der Waals surface area contributed by atoms with E-state index in [4.69, 9.17) is 18.8 Å². The van der Waals surface area contributed by atoms with E-state index in [0.717, 1.165) is 36.9 Å². The lowest BCUT2D eigenvalue weighted by Crippen LogP contribution is -2.51. The maximum atomic E-state index is 12.6. The number of ether oxygens (including phenoxy) is 2. The van der Waals surface area contributed by atoms with Gasteiger partial charge in [0.1, 0.15) is 18.0 Å². The number of carbonyl (C=O) groups is 1. The molecule has 2 aliphatic rings. The fourth-order valence-corrected chi connectivity index (χ4v) is 4.14. The van der Waals surface area contributed by atoms with E-state index in [1.807, 2.05) is 49.9 Å². The second-order valence-electron chi connectivity index (χ2n) is 10.1. The summed E-state index contributed by atoms with van der Waals surface area (Å²) in [6.45, 7) is 13.1. The standard InChI is InChI=1S/C23H36BNO5/c1-17-15-23(5,6)30-24(29-17)18-10-9-12-20(14-18)27-16-19-11-7-8-13-25(19)21(26)28-22(2,3)4/h9-10,12,14,17,19H,7-8,11,13,15-16H2,1-6H3/t17-,19-/m1/s1. The van der Waals surface area contributed by atoms with E-state index < -0.39 is 12.7 Å². The van der Waals surface area contributed by atoms with Crippen LogP contribution in [0.1, 0.15) is 67.2 Å². The van der Waals surface area contributed by atoms with Gasteiger partial charge in [-0.15, -0.1) is 0 Å². The van der Waals surface area contributed by atoms with Crippen LogP contribution < -0.4 is 10.2 Å². The Hall–Kier alpha value is -1.73. The lowest BCUT2D eigenvalue weighted by Gasteiger charge is -2.38. The summed E-state index contributed by atoms with van der Waals surface area (Å²) >= 11 is 0. The van der Waals surface area contributed by atoms with Gasteiger partial charge in [-0.3, -0.25) is 0 Å². The van der Waals surface area contributed by atoms with Gasteiger partial charge in [0.05, 0.1) is 11.6 Å². The van der Waals surface area contributed by atoms with Crippen LogP contribution >= 0.6 is 0 Å². The van der Waals surface area contributed by atoms with Crippen molar-refractivity contribution >= 4 is 18.7 Å². The number of carbonyl (C=O) groups excluding carboxylic acids is 1. The minimum absolute atomic E-state index is 0.0124. The second kappa shape index (κ2) is 9.19. The molecule has 0 radical (unpaired) electrons. The van der Waals surface area contributed by atoms with E-state index in [-0.39, 0.29) is 23.8 Å². The summed E-state index contributed by atoms with van der Waals surface area (Å²) in [7, 11) is -0.403. The Bertz CT molecular complexity index is 733. The van der Waals surface area contributed by atoms with Gasteiger partial charge < -0.3 is 23.7 Å². The van der Waals surface area contributed by atoms with E-state index in [0.29, 0.717) is 13.2 Å². The quantitative estimate of drug-likeness (QED) is 0.689. The Balaban J connectivity index is 1.63. The number of amides is 1. The maximum Gasteiger partial charge on any atom is 0.494 e. The average Bonchev–Trinajstić information content (AvgIpc) is 2.64. The van der Waals surface area contributed by atoms with E-state index in [2.05, 4.69) is 20.8 Å². The highest BCUT2D eigenvalue weighted by molar-refractivity contribution is 6.61. The van der Waals surface area contributed by atoms with Crippen LogP contribution in [0.15, 0.2) is 24.3 Å². The van der Waals surface area contributed by atoms with Gasteiger partial charge in [-0.2, -0.15) is 0 Å². The van der Waals surface area contributed by atoms with E-state index in [1.54, 1.807) is 0 Å². The molecule has 0 bridgehead atoms. The molecule has 2 atom stereocenters. The number of likely N-dealkylation sites (tertiary alicyclic amines) is 1. The van der Waals surface area contributed by atoms with Crippen molar-refractivity contribution in [3.8, 4) is 5.75 Å². The highest BCUT2D eigenvalue weighted by Crippen LogP contribution is 2.26. The van der Waals surface area contributed by atoms with Crippen molar-refractivity contribution in [1.82, 2.24) is 4.90 Å². The third-order valence-corrected chi connectivity index (χ3v) is 5.39. The SMILES string of the molecule is C[C@@H]1CC(C)(C)OB(c2cccc(OC[C@H]3CCCCN3C(=O)OC(C)(C)C)c2)O1. The van der Waals surface area contributed by atoms with Crippen molar-refractivity contribution in [2.45, 2.75) is 90.6 Å².